The van der Waals surface area contributed by atoms with Crippen molar-refractivity contribution in [3.05, 3.63) is 54.0 Å². The third-order valence-corrected chi connectivity index (χ3v) is 2.78. The van der Waals surface area contributed by atoms with Gasteiger partial charge in [-0.25, -0.2) is 0 Å². The van der Waals surface area contributed by atoms with Crippen molar-refractivity contribution in [1.82, 2.24) is 5.32 Å². The smallest absolute Gasteiger partial charge is 0.127 e. The van der Waals surface area contributed by atoms with E-state index in [1.165, 1.54) is 11.3 Å². The Morgan fingerprint density at radius 2 is 1.94 bits per heavy atom. The molecule has 0 unspecified atom stereocenters. The van der Waals surface area contributed by atoms with Gasteiger partial charge in [-0.3, -0.25) is 0 Å². The highest BCUT2D eigenvalue weighted by atomic mass is 16.3. The van der Waals surface area contributed by atoms with E-state index >= 15 is 0 Å². The predicted octanol–water partition coefficient (Wildman–Crippen LogP) is 2.64. The van der Waals surface area contributed by atoms with Gasteiger partial charge in [-0.1, -0.05) is 18.2 Å². The minimum Gasteiger partial charge on any atom is -0.467 e. The molecule has 0 aliphatic rings. The van der Waals surface area contributed by atoms with Crippen molar-refractivity contribution >= 4 is 5.69 Å². The lowest BCUT2D eigenvalue weighted by molar-refractivity contribution is 0.501. The van der Waals surface area contributed by atoms with Gasteiger partial charge >= 0.3 is 0 Å². The summed E-state index contributed by atoms with van der Waals surface area (Å²) in [6.07, 6.45) is 1.75. The van der Waals surface area contributed by atoms with Crippen LogP contribution in [0.2, 0.25) is 0 Å². The number of hydrogen-bond donors (Lipinski definition) is 1. The average Bonchev–Trinajstić information content (AvgIpc) is 2.78. The largest absolute Gasteiger partial charge is 0.467 e. The number of nitrogens with one attached hydrogen (secondary N) is 1. The number of furan rings is 1. The van der Waals surface area contributed by atoms with Crippen molar-refractivity contribution in [2.24, 2.45) is 0 Å². The Morgan fingerprint density at radius 3 is 2.65 bits per heavy atom. The van der Waals surface area contributed by atoms with Crippen LogP contribution in [-0.2, 0) is 13.1 Å². The summed E-state index contributed by atoms with van der Waals surface area (Å²) in [5, 5.41) is 3.14. The summed E-state index contributed by atoms with van der Waals surface area (Å²) in [6.45, 7) is 1.63. The van der Waals surface area contributed by atoms with Gasteiger partial charge in [0.05, 0.1) is 12.8 Å². The first-order valence-electron chi connectivity index (χ1n) is 5.77. The Kier molecular flexibility index (Phi) is 3.83. The van der Waals surface area contributed by atoms with E-state index in [2.05, 4.69) is 29.4 Å². The number of para-hydroxylation sites is 1. The molecule has 1 heterocycles. The lowest BCUT2D eigenvalue weighted by atomic mass is 10.2. The van der Waals surface area contributed by atoms with Gasteiger partial charge in [0.25, 0.3) is 0 Å². The van der Waals surface area contributed by atoms with Gasteiger partial charge < -0.3 is 14.6 Å². The van der Waals surface area contributed by atoms with E-state index < -0.39 is 0 Å². The first-order valence-corrected chi connectivity index (χ1v) is 5.77. The summed E-state index contributed by atoms with van der Waals surface area (Å²) in [5.74, 6) is 1.02. The standard InChI is InChI=1S/C14H18N2O/c1-15-10-12-8-9-17-14(12)11-16(2)13-6-4-3-5-7-13/h3-9,15H,10-11H2,1-2H3. The number of rotatable bonds is 5. The second kappa shape index (κ2) is 5.55. The van der Waals surface area contributed by atoms with E-state index in [9.17, 15) is 0 Å². The monoisotopic (exact) mass is 230 g/mol. The lowest BCUT2D eigenvalue weighted by Gasteiger charge is -2.18. The van der Waals surface area contributed by atoms with Gasteiger partial charge in [0.2, 0.25) is 0 Å². The molecule has 0 atom stereocenters. The van der Waals surface area contributed by atoms with Gasteiger partial charge in [0.15, 0.2) is 0 Å². The zero-order valence-electron chi connectivity index (χ0n) is 10.3. The molecular formula is C14H18N2O. The lowest BCUT2D eigenvalue weighted by Crippen LogP contribution is -2.17. The van der Waals surface area contributed by atoms with E-state index in [0.717, 1.165) is 18.8 Å². The Labute approximate surface area is 102 Å². The van der Waals surface area contributed by atoms with Gasteiger partial charge in [-0.15, -0.1) is 0 Å². The maximum absolute atomic E-state index is 5.53. The van der Waals surface area contributed by atoms with Crippen molar-refractivity contribution in [1.29, 1.82) is 0 Å². The molecule has 0 aliphatic carbocycles. The molecule has 0 saturated heterocycles. The zero-order valence-corrected chi connectivity index (χ0v) is 10.3. The first-order chi connectivity index (χ1) is 8.31. The number of benzene rings is 1. The predicted molar refractivity (Wildman–Crippen MR) is 70.0 cm³/mol. The molecule has 1 aromatic carbocycles. The molecule has 0 spiro atoms. The summed E-state index contributed by atoms with van der Waals surface area (Å²) in [5.41, 5.74) is 2.41. The fourth-order valence-corrected chi connectivity index (χ4v) is 1.84. The summed E-state index contributed by atoms with van der Waals surface area (Å²) >= 11 is 0. The normalized spacial score (nSPS) is 10.5. The Hall–Kier alpha value is -1.74. The third kappa shape index (κ3) is 2.88. The average molecular weight is 230 g/mol. The molecule has 0 aliphatic heterocycles. The molecule has 90 valence electrons. The van der Waals surface area contributed by atoms with E-state index in [-0.39, 0.29) is 0 Å². The van der Waals surface area contributed by atoms with Crippen LogP contribution in [-0.4, -0.2) is 14.1 Å². The molecule has 17 heavy (non-hydrogen) atoms. The second-order valence-electron chi connectivity index (χ2n) is 4.09. The number of anilines is 1. The second-order valence-corrected chi connectivity index (χ2v) is 4.09. The molecule has 3 heteroatoms. The first kappa shape index (κ1) is 11.7. The van der Waals surface area contributed by atoms with Gasteiger partial charge in [0.1, 0.15) is 5.76 Å². The SMILES string of the molecule is CNCc1ccoc1CN(C)c1ccccc1. The molecular weight excluding hydrogens is 212 g/mol. The van der Waals surface area contributed by atoms with Crippen molar-refractivity contribution in [2.75, 3.05) is 19.0 Å². The highest BCUT2D eigenvalue weighted by Gasteiger charge is 2.08. The van der Waals surface area contributed by atoms with Crippen molar-refractivity contribution < 1.29 is 4.42 Å². The molecule has 1 N–H and O–H groups in total. The summed E-state index contributed by atoms with van der Waals surface area (Å²) in [4.78, 5) is 2.18. The molecule has 3 nitrogen and oxygen atoms in total. The maximum atomic E-state index is 5.53. The van der Waals surface area contributed by atoms with Crippen LogP contribution in [0.25, 0.3) is 0 Å². The van der Waals surface area contributed by atoms with E-state index in [0.29, 0.717) is 0 Å². The van der Waals surface area contributed by atoms with Crippen molar-refractivity contribution in [3.8, 4) is 0 Å². The number of nitrogens with zero attached hydrogens (tertiary/aromatic N) is 1. The van der Waals surface area contributed by atoms with Crippen molar-refractivity contribution in [2.45, 2.75) is 13.1 Å². The molecule has 0 bridgehead atoms. The minimum absolute atomic E-state index is 0.786. The summed E-state index contributed by atoms with van der Waals surface area (Å²) < 4.78 is 5.53. The Balaban J connectivity index is 2.08. The van der Waals surface area contributed by atoms with Crippen LogP contribution in [0.15, 0.2) is 47.1 Å². The molecule has 0 saturated carbocycles. The zero-order chi connectivity index (χ0) is 12.1. The molecule has 0 fully saturated rings. The maximum Gasteiger partial charge on any atom is 0.127 e. The molecule has 2 aromatic rings. The van der Waals surface area contributed by atoms with Gasteiger partial charge in [-0.05, 0) is 25.2 Å². The molecule has 0 radical (unpaired) electrons. The number of hydrogen-bond acceptors (Lipinski definition) is 3. The van der Waals surface area contributed by atoms with Gasteiger partial charge in [0, 0.05) is 24.8 Å². The quantitative estimate of drug-likeness (QED) is 0.856. The summed E-state index contributed by atoms with van der Waals surface area (Å²) in [6, 6.07) is 12.3. The van der Waals surface area contributed by atoms with E-state index in [1.54, 1.807) is 6.26 Å². The Bertz CT molecular complexity index is 450. The fraction of sp³-hybridized carbons (Fsp3) is 0.286. The van der Waals surface area contributed by atoms with Crippen LogP contribution in [0, 0.1) is 0 Å². The van der Waals surface area contributed by atoms with Crippen molar-refractivity contribution in [3.63, 3.8) is 0 Å². The Morgan fingerprint density at radius 1 is 1.18 bits per heavy atom. The molecule has 1 aromatic heterocycles. The molecule has 0 amide bonds. The van der Waals surface area contributed by atoms with Crippen LogP contribution in [0.1, 0.15) is 11.3 Å². The van der Waals surface area contributed by atoms with Gasteiger partial charge in [-0.2, -0.15) is 0 Å². The van der Waals surface area contributed by atoms with Crippen LogP contribution >= 0.6 is 0 Å². The topological polar surface area (TPSA) is 28.4 Å². The molecule has 2 rings (SSSR count). The van der Waals surface area contributed by atoms with Crippen LogP contribution in [0.3, 0.4) is 0 Å². The fourth-order valence-electron chi connectivity index (χ4n) is 1.84. The highest BCUT2D eigenvalue weighted by Crippen LogP contribution is 2.17. The summed E-state index contributed by atoms with van der Waals surface area (Å²) in [7, 11) is 4.01. The minimum atomic E-state index is 0.786. The van der Waals surface area contributed by atoms with Crippen LogP contribution in [0.4, 0.5) is 5.69 Å². The van der Waals surface area contributed by atoms with E-state index in [1.807, 2.05) is 31.3 Å². The van der Waals surface area contributed by atoms with Crippen LogP contribution < -0.4 is 10.2 Å². The van der Waals surface area contributed by atoms with Crippen LogP contribution in [0.5, 0.6) is 0 Å². The van der Waals surface area contributed by atoms with E-state index in [4.69, 9.17) is 4.42 Å². The highest BCUT2D eigenvalue weighted by molar-refractivity contribution is 5.45. The third-order valence-electron chi connectivity index (χ3n) is 2.78.